The van der Waals surface area contributed by atoms with Crippen LogP contribution < -0.4 is 9.64 Å². The van der Waals surface area contributed by atoms with E-state index in [4.69, 9.17) is 21.1 Å². The summed E-state index contributed by atoms with van der Waals surface area (Å²) in [6.07, 6.45) is 0. The summed E-state index contributed by atoms with van der Waals surface area (Å²) in [5.41, 5.74) is 0. The molecule has 1 heterocycles. The third-order valence-electron chi connectivity index (χ3n) is 2.17. The summed E-state index contributed by atoms with van der Waals surface area (Å²) in [4.78, 5) is 14.1. The molecule has 0 saturated carbocycles. The van der Waals surface area contributed by atoms with Crippen LogP contribution in [0, 0.1) is 0 Å². The monoisotopic (exact) mass is 260 g/mol. The lowest BCUT2D eigenvalue weighted by molar-refractivity contribution is 0.203. The SMILES string of the molecule is COCCN(c1nc(Cl)nc(OC)n1)C(C)C. The zero-order chi connectivity index (χ0) is 12.8. The molecule has 0 aliphatic carbocycles. The molecule has 96 valence electrons. The number of halogens is 1. The normalized spacial score (nSPS) is 10.7. The Kier molecular flexibility index (Phi) is 5.37. The molecular formula is C10H17ClN4O2. The van der Waals surface area contributed by atoms with Gasteiger partial charge in [-0.15, -0.1) is 0 Å². The molecule has 0 aliphatic heterocycles. The number of hydrogen-bond acceptors (Lipinski definition) is 6. The predicted molar refractivity (Wildman–Crippen MR) is 65.7 cm³/mol. The van der Waals surface area contributed by atoms with Crippen LogP contribution in [0.3, 0.4) is 0 Å². The van der Waals surface area contributed by atoms with Gasteiger partial charge < -0.3 is 14.4 Å². The molecule has 0 amide bonds. The van der Waals surface area contributed by atoms with Crippen molar-refractivity contribution in [2.75, 3.05) is 32.3 Å². The third-order valence-corrected chi connectivity index (χ3v) is 2.34. The second kappa shape index (κ2) is 6.56. The number of hydrogen-bond donors (Lipinski definition) is 0. The second-order valence-corrected chi connectivity index (χ2v) is 4.01. The Morgan fingerprint density at radius 3 is 2.47 bits per heavy atom. The lowest BCUT2D eigenvalue weighted by Gasteiger charge is -2.26. The van der Waals surface area contributed by atoms with Gasteiger partial charge in [0.1, 0.15) is 0 Å². The van der Waals surface area contributed by atoms with E-state index in [1.165, 1.54) is 7.11 Å². The Bertz CT molecular complexity index is 362. The molecule has 6 nitrogen and oxygen atoms in total. The van der Waals surface area contributed by atoms with Gasteiger partial charge >= 0.3 is 6.01 Å². The minimum atomic E-state index is 0.120. The van der Waals surface area contributed by atoms with Gasteiger partial charge in [0.2, 0.25) is 11.2 Å². The molecule has 1 rings (SSSR count). The van der Waals surface area contributed by atoms with Crippen molar-refractivity contribution in [2.24, 2.45) is 0 Å². The fraction of sp³-hybridized carbons (Fsp3) is 0.700. The maximum absolute atomic E-state index is 5.81. The highest BCUT2D eigenvalue weighted by Gasteiger charge is 2.15. The van der Waals surface area contributed by atoms with E-state index in [1.54, 1.807) is 7.11 Å². The minimum absolute atomic E-state index is 0.120. The summed E-state index contributed by atoms with van der Waals surface area (Å²) in [5, 5.41) is 0.120. The molecule has 0 spiro atoms. The highest BCUT2D eigenvalue weighted by Crippen LogP contribution is 2.16. The van der Waals surface area contributed by atoms with Crippen LogP contribution in [0.2, 0.25) is 5.28 Å². The molecule has 0 bridgehead atoms. The van der Waals surface area contributed by atoms with Crippen LogP contribution in [0.15, 0.2) is 0 Å². The summed E-state index contributed by atoms with van der Waals surface area (Å²) in [5.74, 6) is 0.494. The standard InChI is InChI=1S/C10H17ClN4O2/c1-7(2)15(5-6-16-3)9-12-8(11)13-10(14-9)17-4/h7H,5-6H2,1-4H3. The van der Waals surface area contributed by atoms with E-state index in [9.17, 15) is 0 Å². The van der Waals surface area contributed by atoms with Crippen molar-refractivity contribution in [2.45, 2.75) is 19.9 Å². The van der Waals surface area contributed by atoms with Gasteiger partial charge in [0.05, 0.1) is 13.7 Å². The van der Waals surface area contributed by atoms with Gasteiger partial charge in [-0.3, -0.25) is 0 Å². The van der Waals surface area contributed by atoms with Crippen LogP contribution in [0.5, 0.6) is 6.01 Å². The predicted octanol–water partition coefficient (Wildman–Crippen LogP) is 1.39. The van der Waals surface area contributed by atoms with Gasteiger partial charge in [0.15, 0.2) is 0 Å². The lowest BCUT2D eigenvalue weighted by atomic mass is 10.3. The molecule has 1 aromatic heterocycles. The topological polar surface area (TPSA) is 60.4 Å². The number of nitrogens with zero attached hydrogens (tertiary/aromatic N) is 4. The minimum Gasteiger partial charge on any atom is -0.467 e. The maximum Gasteiger partial charge on any atom is 0.322 e. The van der Waals surface area contributed by atoms with Crippen molar-refractivity contribution in [1.29, 1.82) is 0 Å². The molecule has 1 aromatic rings. The molecule has 0 aliphatic rings. The van der Waals surface area contributed by atoms with Crippen LogP contribution in [0.4, 0.5) is 5.95 Å². The molecule has 0 aromatic carbocycles. The van der Waals surface area contributed by atoms with E-state index >= 15 is 0 Å². The molecule has 0 atom stereocenters. The van der Waals surface area contributed by atoms with E-state index in [2.05, 4.69) is 15.0 Å². The van der Waals surface area contributed by atoms with E-state index in [-0.39, 0.29) is 17.3 Å². The Morgan fingerprint density at radius 2 is 1.94 bits per heavy atom. The number of methoxy groups -OCH3 is 2. The van der Waals surface area contributed by atoms with Crippen molar-refractivity contribution >= 4 is 17.5 Å². The average molecular weight is 261 g/mol. The molecule has 0 fully saturated rings. The van der Waals surface area contributed by atoms with E-state index < -0.39 is 0 Å². The number of rotatable bonds is 6. The first-order valence-corrected chi connectivity index (χ1v) is 5.67. The lowest BCUT2D eigenvalue weighted by Crippen LogP contribution is -2.35. The van der Waals surface area contributed by atoms with E-state index in [0.29, 0.717) is 19.1 Å². The number of anilines is 1. The molecular weight excluding hydrogens is 244 g/mol. The first kappa shape index (κ1) is 13.9. The first-order chi connectivity index (χ1) is 8.08. The van der Waals surface area contributed by atoms with Gasteiger partial charge in [-0.05, 0) is 25.4 Å². The third kappa shape index (κ3) is 3.98. The smallest absolute Gasteiger partial charge is 0.322 e. The number of aromatic nitrogens is 3. The van der Waals surface area contributed by atoms with Crippen LogP contribution in [-0.4, -0.2) is 48.4 Å². The highest BCUT2D eigenvalue weighted by atomic mass is 35.5. The zero-order valence-electron chi connectivity index (χ0n) is 10.5. The van der Waals surface area contributed by atoms with Gasteiger partial charge in [-0.1, -0.05) is 0 Å². The van der Waals surface area contributed by atoms with E-state index in [1.807, 2.05) is 18.7 Å². The van der Waals surface area contributed by atoms with Crippen LogP contribution in [-0.2, 0) is 4.74 Å². The van der Waals surface area contributed by atoms with E-state index in [0.717, 1.165) is 0 Å². The Morgan fingerprint density at radius 1 is 1.24 bits per heavy atom. The molecule has 0 unspecified atom stereocenters. The Balaban J connectivity index is 2.96. The maximum atomic E-state index is 5.81. The van der Waals surface area contributed by atoms with Gasteiger partial charge in [-0.25, -0.2) is 0 Å². The fourth-order valence-corrected chi connectivity index (χ4v) is 1.47. The summed E-state index contributed by atoms with van der Waals surface area (Å²) in [7, 11) is 3.14. The Hall–Kier alpha value is -1.14. The summed E-state index contributed by atoms with van der Waals surface area (Å²) >= 11 is 5.81. The highest BCUT2D eigenvalue weighted by molar-refractivity contribution is 6.28. The molecule has 0 radical (unpaired) electrons. The fourth-order valence-electron chi connectivity index (χ4n) is 1.32. The zero-order valence-corrected chi connectivity index (χ0v) is 11.2. The average Bonchev–Trinajstić information content (AvgIpc) is 2.28. The second-order valence-electron chi connectivity index (χ2n) is 3.67. The van der Waals surface area contributed by atoms with Crippen molar-refractivity contribution < 1.29 is 9.47 Å². The molecule has 17 heavy (non-hydrogen) atoms. The Labute approximate surface area is 106 Å². The first-order valence-electron chi connectivity index (χ1n) is 5.29. The van der Waals surface area contributed by atoms with Gasteiger partial charge in [-0.2, -0.15) is 15.0 Å². The number of ether oxygens (including phenoxy) is 2. The van der Waals surface area contributed by atoms with Crippen molar-refractivity contribution in [3.63, 3.8) is 0 Å². The van der Waals surface area contributed by atoms with Crippen LogP contribution in [0.1, 0.15) is 13.8 Å². The largest absolute Gasteiger partial charge is 0.467 e. The van der Waals surface area contributed by atoms with Crippen molar-refractivity contribution in [3.05, 3.63) is 5.28 Å². The molecule has 0 N–H and O–H groups in total. The van der Waals surface area contributed by atoms with Crippen LogP contribution >= 0.6 is 11.6 Å². The summed E-state index contributed by atoms with van der Waals surface area (Å²) in [6.45, 7) is 5.35. The summed E-state index contributed by atoms with van der Waals surface area (Å²) < 4.78 is 10.0. The van der Waals surface area contributed by atoms with Gasteiger partial charge in [0, 0.05) is 19.7 Å². The molecule has 0 saturated heterocycles. The quantitative estimate of drug-likeness (QED) is 0.770. The van der Waals surface area contributed by atoms with Gasteiger partial charge in [0.25, 0.3) is 0 Å². The van der Waals surface area contributed by atoms with Crippen LogP contribution in [0.25, 0.3) is 0 Å². The van der Waals surface area contributed by atoms with Crippen molar-refractivity contribution in [3.8, 4) is 6.01 Å². The summed E-state index contributed by atoms with van der Waals surface area (Å²) in [6, 6.07) is 0.441. The molecule has 7 heteroatoms. The van der Waals surface area contributed by atoms with Crippen molar-refractivity contribution in [1.82, 2.24) is 15.0 Å².